The molecule has 0 aliphatic rings. The fourth-order valence-electron chi connectivity index (χ4n) is 2.67. The Bertz CT molecular complexity index is 847. The van der Waals surface area contributed by atoms with E-state index in [1.54, 1.807) is 18.1 Å². The minimum absolute atomic E-state index is 0.0989. The molecule has 26 heavy (non-hydrogen) atoms. The summed E-state index contributed by atoms with van der Waals surface area (Å²) in [6.45, 7) is 1.10. The van der Waals surface area contributed by atoms with Crippen LogP contribution in [0.5, 0.6) is 0 Å². The van der Waals surface area contributed by atoms with Crippen LogP contribution in [0.1, 0.15) is 11.1 Å². The molecule has 0 saturated carbocycles. The number of nitrogens with zero attached hydrogens (tertiary/aromatic N) is 3. The first-order valence-electron chi connectivity index (χ1n) is 8.44. The number of benzene rings is 2. The van der Waals surface area contributed by atoms with Gasteiger partial charge in [-0.15, -0.1) is 0 Å². The number of carbonyl (C=O) groups is 1. The van der Waals surface area contributed by atoms with E-state index in [4.69, 9.17) is 11.6 Å². The van der Waals surface area contributed by atoms with Crippen LogP contribution >= 0.6 is 11.6 Å². The van der Waals surface area contributed by atoms with Crippen LogP contribution in [-0.4, -0.2) is 34.3 Å². The van der Waals surface area contributed by atoms with Crippen molar-refractivity contribution >= 4 is 17.6 Å². The molecule has 0 aliphatic carbocycles. The van der Waals surface area contributed by atoms with Crippen molar-refractivity contribution < 1.29 is 4.79 Å². The molecule has 0 aliphatic heterocycles. The highest BCUT2D eigenvalue weighted by Crippen LogP contribution is 2.12. The number of carbonyl (C=O) groups excluding carboxylic acids is 1. The Morgan fingerprint density at radius 3 is 2.65 bits per heavy atom. The van der Waals surface area contributed by atoms with Gasteiger partial charge in [-0.05, 0) is 47.9 Å². The lowest BCUT2D eigenvalue weighted by Gasteiger charge is -2.18. The average Bonchev–Trinajstić information content (AvgIpc) is 3.17. The summed E-state index contributed by atoms with van der Waals surface area (Å²) in [6, 6.07) is 17.5. The summed E-state index contributed by atoms with van der Waals surface area (Å²) in [4.78, 5) is 13.8. The van der Waals surface area contributed by atoms with Gasteiger partial charge in [0.05, 0.1) is 5.69 Å². The summed E-state index contributed by atoms with van der Waals surface area (Å²) < 4.78 is 1.82. The molecule has 0 bridgehead atoms. The fourth-order valence-corrected chi connectivity index (χ4v) is 2.88. The third-order valence-corrected chi connectivity index (χ3v) is 4.29. The molecule has 2 aromatic carbocycles. The lowest BCUT2D eigenvalue weighted by atomic mass is 10.1. The second kappa shape index (κ2) is 8.54. The Morgan fingerprint density at radius 2 is 1.96 bits per heavy atom. The quantitative estimate of drug-likeness (QED) is 0.717. The van der Waals surface area contributed by atoms with Gasteiger partial charge in [0, 0.05) is 37.6 Å². The number of amides is 2. The predicted octanol–water partition coefficient (Wildman–Crippen LogP) is 3.91. The van der Waals surface area contributed by atoms with Crippen LogP contribution in [0.3, 0.4) is 0 Å². The van der Waals surface area contributed by atoms with Gasteiger partial charge in [-0.1, -0.05) is 35.9 Å². The minimum Gasteiger partial charge on any atom is -0.338 e. The number of nitrogens with one attached hydrogen (secondary N) is 1. The number of aromatic nitrogens is 2. The van der Waals surface area contributed by atoms with Gasteiger partial charge in [0.1, 0.15) is 0 Å². The van der Waals surface area contributed by atoms with Crippen LogP contribution in [0.15, 0.2) is 67.0 Å². The molecule has 0 atom stereocenters. The zero-order chi connectivity index (χ0) is 18.4. The first kappa shape index (κ1) is 18.0. The molecule has 6 heteroatoms. The molecule has 5 nitrogen and oxygen atoms in total. The summed E-state index contributed by atoms with van der Waals surface area (Å²) in [7, 11) is 1.77. The predicted molar refractivity (Wildman–Crippen MR) is 104 cm³/mol. The van der Waals surface area contributed by atoms with Crippen molar-refractivity contribution in [2.24, 2.45) is 0 Å². The maximum absolute atomic E-state index is 12.2. The topological polar surface area (TPSA) is 50.2 Å². The molecule has 1 heterocycles. The van der Waals surface area contributed by atoms with E-state index in [1.807, 2.05) is 53.3 Å². The van der Waals surface area contributed by atoms with Gasteiger partial charge in [-0.2, -0.15) is 5.10 Å². The van der Waals surface area contributed by atoms with Gasteiger partial charge in [-0.3, -0.25) is 0 Å². The second-order valence-electron chi connectivity index (χ2n) is 6.08. The highest BCUT2D eigenvalue weighted by Gasteiger charge is 2.08. The maximum Gasteiger partial charge on any atom is 0.317 e. The zero-order valence-corrected chi connectivity index (χ0v) is 15.4. The first-order valence-corrected chi connectivity index (χ1v) is 8.82. The van der Waals surface area contributed by atoms with Gasteiger partial charge in [0.25, 0.3) is 0 Å². The number of hydrogen-bond acceptors (Lipinski definition) is 2. The van der Waals surface area contributed by atoms with Crippen LogP contribution in [0.2, 0.25) is 5.02 Å². The molecule has 3 rings (SSSR count). The first-order chi connectivity index (χ1) is 12.6. The van der Waals surface area contributed by atoms with E-state index >= 15 is 0 Å². The molecule has 2 amide bonds. The largest absolute Gasteiger partial charge is 0.338 e. The molecule has 1 N–H and O–H groups in total. The van der Waals surface area contributed by atoms with E-state index < -0.39 is 0 Å². The van der Waals surface area contributed by atoms with Gasteiger partial charge in [0.2, 0.25) is 0 Å². The molecular weight excluding hydrogens is 348 g/mol. The van der Waals surface area contributed by atoms with Gasteiger partial charge < -0.3 is 10.2 Å². The van der Waals surface area contributed by atoms with Gasteiger partial charge in [0.15, 0.2) is 0 Å². The van der Waals surface area contributed by atoms with Crippen molar-refractivity contribution in [3.8, 4) is 5.69 Å². The summed E-state index contributed by atoms with van der Waals surface area (Å²) in [5.41, 5.74) is 3.19. The summed E-state index contributed by atoms with van der Waals surface area (Å²) in [5, 5.41) is 7.83. The number of hydrogen-bond donors (Lipinski definition) is 1. The highest BCUT2D eigenvalue weighted by molar-refractivity contribution is 6.30. The molecule has 1 aromatic heterocycles. The third kappa shape index (κ3) is 4.86. The minimum atomic E-state index is -0.0989. The maximum atomic E-state index is 12.2. The summed E-state index contributed by atoms with van der Waals surface area (Å²) >= 11 is 5.98. The van der Waals surface area contributed by atoms with Crippen LogP contribution in [-0.2, 0) is 13.0 Å². The van der Waals surface area contributed by atoms with Crippen molar-refractivity contribution in [1.82, 2.24) is 20.0 Å². The normalized spacial score (nSPS) is 10.5. The monoisotopic (exact) mass is 368 g/mol. The Kier molecular flexibility index (Phi) is 5.92. The smallest absolute Gasteiger partial charge is 0.317 e. The summed E-state index contributed by atoms with van der Waals surface area (Å²) in [5.74, 6) is 0. The third-order valence-electron chi connectivity index (χ3n) is 4.05. The van der Waals surface area contributed by atoms with Crippen molar-refractivity contribution in [1.29, 1.82) is 0 Å². The molecule has 134 valence electrons. The molecule has 0 unspecified atom stereocenters. The fraction of sp³-hybridized carbons (Fsp3) is 0.200. The second-order valence-corrected chi connectivity index (χ2v) is 6.52. The van der Waals surface area contributed by atoms with Crippen molar-refractivity contribution in [3.05, 3.63) is 83.1 Å². The Labute approximate surface area is 158 Å². The van der Waals surface area contributed by atoms with Gasteiger partial charge in [-0.25, -0.2) is 9.48 Å². The molecule has 0 fully saturated rings. The van der Waals surface area contributed by atoms with E-state index in [2.05, 4.69) is 22.5 Å². The Hall–Kier alpha value is -2.79. The molecule has 0 radical (unpaired) electrons. The van der Waals surface area contributed by atoms with Crippen LogP contribution in [0.4, 0.5) is 4.79 Å². The van der Waals surface area contributed by atoms with Crippen LogP contribution < -0.4 is 5.32 Å². The van der Waals surface area contributed by atoms with E-state index in [0.29, 0.717) is 18.1 Å². The SMILES string of the molecule is CN(Cc1cccc(Cl)c1)C(=O)NCCc1ccc(-n2cccn2)cc1. The number of urea groups is 1. The average molecular weight is 369 g/mol. The molecule has 0 spiro atoms. The lowest BCUT2D eigenvalue weighted by Crippen LogP contribution is -2.37. The number of rotatable bonds is 6. The van der Waals surface area contributed by atoms with E-state index in [0.717, 1.165) is 17.7 Å². The molecular formula is C20H21ClN4O. The van der Waals surface area contributed by atoms with E-state index in [-0.39, 0.29) is 6.03 Å². The standard InChI is InChI=1S/C20H21ClN4O/c1-24(15-17-4-2-5-18(21)14-17)20(26)22-12-10-16-6-8-19(9-7-16)25-13-3-11-23-25/h2-9,11,13-14H,10,12,15H2,1H3,(H,22,26). The Balaban J connectivity index is 1.46. The zero-order valence-electron chi connectivity index (χ0n) is 14.6. The van der Waals surface area contributed by atoms with Crippen molar-refractivity contribution in [3.63, 3.8) is 0 Å². The number of halogens is 1. The van der Waals surface area contributed by atoms with E-state index in [1.165, 1.54) is 5.56 Å². The molecule has 3 aromatic rings. The van der Waals surface area contributed by atoms with E-state index in [9.17, 15) is 4.79 Å². The highest BCUT2D eigenvalue weighted by atomic mass is 35.5. The van der Waals surface area contributed by atoms with Gasteiger partial charge >= 0.3 is 6.03 Å². The molecule has 0 saturated heterocycles. The van der Waals surface area contributed by atoms with Crippen LogP contribution in [0.25, 0.3) is 5.69 Å². The van der Waals surface area contributed by atoms with Crippen molar-refractivity contribution in [2.75, 3.05) is 13.6 Å². The lowest BCUT2D eigenvalue weighted by molar-refractivity contribution is 0.207. The van der Waals surface area contributed by atoms with Crippen molar-refractivity contribution in [2.45, 2.75) is 13.0 Å². The Morgan fingerprint density at radius 1 is 1.15 bits per heavy atom. The summed E-state index contributed by atoms with van der Waals surface area (Å²) in [6.07, 6.45) is 4.43. The van der Waals surface area contributed by atoms with Crippen LogP contribution in [0, 0.1) is 0 Å².